The van der Waals surface area contributed by atoms with Crippen LogP contribution in [0.3, 0.4) is 0 Å². The molecule has 0 aliphatic carbocycles. The van der Waals surface area contributed by atoms with Crippen LogP contribution in [0.15, 0.2) is 29.1 Å². The lowest BCUT2D eigenvalue weighted by molar-refractivity contribution is 0.112. The van der Waals surface area contributed by atoms with Gasteiger partial charge in [-0.2, -0.15) is 4.98 Å². The Morgan fingerprint density at radius 1 is 1.43 bits per heavy atom. The summed E-state index contributed by atoms with van der Waals surface area (Å²) in [6.45, 7) is 1.88. The molecule has 0 amide bonds. The summed E-state index contributed by atoms with van der Waals surface area (Å²) in [5, 5.41) is 3.69. The molecule has 14 heavy (non-hydrogen) atoms. The molecule has 70 valence electrons. The van der Waals surface area contributed by atoms with Crippen LogP contribution in [-0.4, -0.2) is 16.4 Å². The molecular weight excluding hydrogens is 180 g/mol. The molecule has 0 fully saturated rings. The number of benzene rings is 1. The van der Waals surface area contributed by atoms with Gasteiger partial charge in [0.15, 0.2) is 0 Å². The Bertz CT molecular complexity index is 449. The molecule has 2 rings (SSSR count). The summed E-state index contributed by atoms with van der Waals surface area (Å²) in [6.07, 6.45) is 2.08. The van der Waals surface area contributed by atoms with Crippen LogP contribution in [0.2, 0.25) is 0 Å². The molecule has 0 aliphatic rings. The molecule has 0 N–H and O–H groups in total. The molecule has 0 atom stereocenters. The van der Waals surface area contributed by atoms with Gasteiger partial charge < -0.3 is 4.52 Å². The number of nitrogens with zero attached hydrogens (tertiary/aromatic N) is 2. The van der Waals surface area contributed by atoms with Gasteiger partial charge in [-0.15, -0.1) is 0 Å². The fourth-order valence-electron chi connectivity index (χ4n) is 1.20. The van der Waals surface area contributed by atoms with E-state index in [0.717, 1.165) is 17.4 Å². The lowest BCUT2D eigenvalue weighted by atomic mass is 10.1. The SMILES string of the molecule is Cc1ccc(-c2ncon2)cc1C=O. The van der Waals surface area contributed by atoms with Gasteiger partial charge in [-0.05, 0) is 18.6 Å². The van der Waals surface area contributed by atoms with Gasteiger partial charge in [0.2, 0.25) is 12.2 Å². The summed E-state index contributed by atoms with van der Waals surface area (Å²) in [4.78, 5) is 14.6. The first-order chi connectivity index (χ1) is 6.81. The predicted molar refractivity (Wildman–Crippen MR) is 49.9 cm³/mol. The molecule has 0 unspecified atom stereocenters. The monoisotopic (exact) mass is 188 g/mol. The molecule has 1 heterocycles. The molecule has 0 spiro atoms. The van der Waals surface area contributed by atoms with E-state index in [-0.39, 0.29) is 0 Å². The lowest BCUT2D eigenvalue weighted by Gasteiger charge is -1.99. The molecule has 0 saturated heterocycles. The molecule has 1 aromatic heterocycles. The van der Waals surface area contributed by atoms with Crippen molar-refractivity contribution in [2.75, 3.05) is 0 Å². The van der Waals surface area contributed by atoms with Crippen LogP contribution in [0, 0.1) is 6.92 Å². The third-order valence-corrected chi connectivity index (χ3v) is 2.03. The average molecular weight is 188 g/mol. The van der Waals surface area contributed by atoms with E-state index in [0.29, 0.717) is 11.4 Å². The maximum Gasteiger partial charge on any atom is 0.214 e. The third kappa shape index (κ3) is 1.42. The fourth-order valence-corrected chi connectivity index (χ4v) is 1.20. The summed E-state index contributed by atoms with van der Waals surface area (Å²) >= 11 is 0. The summed E-state index contributed by atoms with van der Waals surface area (Å²) in [5.41, 5.74) is 2.37. The number of aryl methyl sites for hydroxylation is 1. The quantitative estimate of drug-likeness (QED) is 0.675. The zero-order valence-electron chi connectivity index (χ0n) is 7.60. The van der Waals surface area contributed by atoms with Crippen LogP contribution in [0.5, 0.6) is 0 Å². The van der Waals surface area contributed by atoms with Crippen molar-refractivity contribution in [3.63, 3.8) is 0 Å². The highest BCUT2D eigenvalue weighted by Crippen LogP contribution is 2.17. The number of carbonyl (C=O) groups excluding carboxylic acids is 1. The maximum atomic E-state index is 10.7. The van der Waals surface area contributed by atoms with Crippen LogP contribution in [0.25, 0.3) is 11.4 Å². The first-order valence-electron chi connectivity index (χ1n) is 4.14. The van der Waals surface area contributed by atoms with Crippen LogP contribution >= 0.6 is 0 Å². The van der Waals surface area contributed by atoms with E-state index >= 15 is 0 Å². The van der Waals surface area contributed by atoms with E-state index in [1.165, 1.54) is 6.39 Å². The van der Waals surface area contributed by atoms with Crippen molar-refractivity contribution >= 4 is 6.29 Å². The first kappa shape index (κ1) is 8.62. The summed E-state index contributed by atoms with van der Waals surface area (Å²) in [7, 11) is 0. The molecule has 0 radical (unpaired) electrons. The van der Waals surface area contributed by atoms with Gasteiger partial charge in [0, 0.05) is 11.1 Å². The Morgan fingerprint density at radius 2 is 2.29 bits per heavy atom. The molecule has 0 aliphatic heterocycles. The predicted octanol–water partition coefficient (Wildman–Crippen LogP) is 1.86. The maximum absolute atomic E-state index is 10.7. The molecule has 4 heteroatoms. The van der Waals surface area contributed by atoms with Crippen molar-refractivity contribution in [1.82, 2.24) is 10.1 Å². The zero-order valence-corrected chi connectivity index (χ0v) is 7.60. The number of carbonyl (C=O) groups is 1. The van der Waals surface area contributed by atoms with Crippen molar-refractivity contribution in [2.45, 2.75) is 6.92 Å². The van der Waals surface area contributed by atoms with Gasteiger partial charge in [0.05, 0.1) is 0 Å². The highest BCUT2D eigenvalue weighted by atomic mass is 16.5. The van der Waals surface area contributed by atoms with Crippen molar-refractivity contribution in [3.8, 4) is 11.4 Å². The van der Waals surface area contributed by atoms with Gasteiger partial charge in [-0.1, -0.05) is 17.3 Å². The summed E-state index contributed by atoms with van der Waals surface area (Å²) in [6, 6.07) is 5.45. The minimum Gasteiger partial charge on any atom is -0.342 e. The second-order valence-electron chi connectivity index (χ2n) is 2.94. The minimum absolute atomic E-state index is 0.494. The normalized spacial score (nSPS) is 10.1. The van der Waals surface area contributed by atoms with Crippen molar-refractivity contribution in [2.24, 2.45) is 0 Å². The molecule has 0 saturated carbocycles. The summed E-state index contributed by atoms with van der Waals surface area (Å²) < 4.78 is 4.62. The van der Waals surface area contributed by atoms with E-state index in [1.807, 2.05) is 19.1 Å². The molecule has 4 nitrogen and oxygen atoms in total. The highest BCUT2D eigenvalue weighted by Gasteiger charge is 2.05. The van der Waals surface area contributed by atoms with E-state index in [4.69, 9.17) is 0 Å². The standard InChI is InChI=1S/C10H8N2O2/c1-7-2-3-8(4-9(7)5-13)10-11-6-14-12-10/h2-6H,1H3. The number of hydrogen-bond acceptors (Lipinski definition) is 4. The lowest BCUT2D eigenvalue weighted by Crippen LogP contribution is -1.88. The highest BCUT2D eigenvalue weighted by molar-refractivity contribution is 5.79. The third-order valence-electron chi connectivity index (χ3n) is 2.03. The fraction of sp³-hybridized carbons (Fsp3) is 0.100. The van der Waals surface area contributed by atoms with Crippen LogP contribution in [0.1, 0.15) is 15.9 Å². The van der Waals surface area contributed by atoms with Crippen LogP contribution in [0.4, 0.5) is 0 Å². The Labute approximate surface area is 80.6 Å². The zero-order chi connectivity index (χ0) is 9.97. The molecule has 0 bridgehead atoms. The largest absolute Gasteiger partial charge is 0.342 e. The Morgan fingerprint density at radius 3 is 2.93 bits per heavy atom. The van der Waals surface area contributed by atoms with Crippen LogP contribution in [-0.2, 0) is 0 Å². The Hall–Kier alpha value is -1.97. The topological polar surface area (TPSA) is 56.0 Å². The first-order valence-corrected chi connectivity index (χ1v) is 4.14. The Kier molecular flexibility index (Phi) is 2.10. The van der Waals surface area contributed by atoms with Crippen molar-refractivity contribution in [3.05, 3.63) is 35.7 Å². The second-order valence-corrected chi connectivity index (χ2v) is 2.94. The number of hydrogen-bond donors (Lipinski definition) is 0. The van der Waals surface area contributed by atoms with Crippen LogP contribution < -0.4 is 0 Å². The van der Waals surface area contributed by atoms with E-state index < -0.39 is 0 Å². The van der Waals surface area contributed by atoms with E-state index in [1.54, 1.807) is 6.07 Å². The summed E-state index contributed by atoms with van der Waals surface area (Å²) in [5.74, 6) is 0.494. The number of aldehydes is 1. The van der Waals surface area contributed by atoms with Crippen molar-refractivity contribution in [1.29, 1.82) is 0 Å². The number of rotatable bonds is 2. The minimum atomic E-state index is 0.494. The average Bonchev–Trinajstić information content (AvgIpc) is 2.71. The smallest absolute Gasteiger partial charge is 0.214 e. The second kappa shape index (κ2) is 3.41. The van der Waals surface area contributed by atoms with E-state index in [9.17, 15) is 4.79 Å². The van der Waals surface area contributed by atoms with Gasteiger partial charge in [0.1, 0.15) is 6.29 Å². The number of aromatic nitrogens is 2. The Balaban J connectivity index is 2.51. The van der Waals surface area contributed by atoms with Gasteiger partial charge in [-0.3, -0.25) is 4.79 Å². The molecule has 1 aromatic carbocycles. The van der Waals surface area contributed by atoms with Gasteiger partial charge in [0.25, 0.3) is 0 Å². The van der Waals surface area contributed by atoms with Gasteiger partial charge in [-0.25, -0.2) is 0 Å². The van der Waals surface area contributed by atoms with Crippen molar-refractivity contribution < 1.29 is 9.32 Å². The van der Waals surface area contributed by atoms with E-state index in [2.05, 4.69) is 14.7 Å². The molecular formula is C10H8N2O2. The molecule has 2 aromatic rings. The van der Waals surface area contributed by atoms with Gasteiger partial charge >= 0.3 is 0 Å².